The first-order valence-electron chi connectivity index (χ1n) is 6.28. The average molecular weight is 321 g/mol. The van der Waals surface area contributed by atoms with Crippen molar-refractivity contribution in [2.45, 2.75) is 20.5 Å². The van der Waals surface area contributed by atoms with Crippen LogP contribution in [0.1, 0.15) is 18.2 Å². The van der Waals surface area contributed by atoms with Crippen LogP contribution in [0.5, 0.6) is 5.75 Å². The summed E-state index contributed by atoms with van der Waals surface area (Å²) in [7, 11) is 0. The van der Waals surface area contributed by atoms with Gasteiger partial charge in [0.05, 0.1) is 10.2 Å². The van der Waals surface area contributed by atoms with Gasteiger partial charge < -0.3 is 10.1 Å². The van der Waals surface area contributed by atoms with E-state index in [1.807, 2.05) is 43.3 Å². The summed E-state index contributed by atoms with van der Waals surface area (Å²) in [6.07, 6.45) is 0. The summed E-state index contributed by atoms with van der Waals surface area (Å²) in [4.78, 5) is 4.47. The summed E-state index contributed by atoms with van der Waals surface area (Å²) in [5, 5.41) is 3.19. The topological polar surface area (TPSA) is 34.1 Å². The van der Waals surface area contributed by atoms with Crippen LogP contribution in [0, 0.1) is 6.92 Å². The molecule has 100 valence electrons. The number of rotatable bonds is 5. The number of hydrogen-bond acceptors (Lipinski definition) is 3. The Hall–Kier alpha value is -1.55. The van der Waals surface area contributed by atoms with Crippen LogP contribution in [-0.4, -0.2) is 11.5 Å². The van der Waals surface area contributed by atoms with Gasteiger partial charge in [-0.25, -0.2) is 4.98 Å². The maximum Gasteiger partial charge on any atom is 0.134 e. The molecule has 0 amide bonds. The lowest BCUT2D eigenvalue weighted by molar-refractivity contribution is 0.299. The average Bonchev–Trinajstić information content (AvgIpc) is 2.38. The van der Waals surface area contributed by atoms with E-state index in [0.29, 0.717) is 6.61 Å². The molecule has 1 heterocycles. The SMILES string of the molecule is CCNc1cccc(COc2ccc(C)cc2Br)n1. The van der Waals surface area contributed by atoms with Gasteiger partial charge in [-0.2, -0.15) is 0 Å². The van der Waals surface area contributed by atoms with Gasteiger partial charge in [0.2, 0.25) is 0 Å². The minimum absolute atomic E-state index is 0.459. The highest BCUT2D eigenvalue weighted by molar-refractivity contribution is 9.10. The number of pyridine rings is 1. The van der Waals surface area contributed by atoms with Crippen LogP contribution in [0.4, 0.5) is 5.82 Å². The summed E-state index contributed by atoms with van der Waals surface area (Å²) < 4.78 is 6.74. The largest absolute Gasteiger partial charge is 0.486 e. The highest BCUT2D eigenvalue weighted by Crippen LogP contribution is 2.26. The molecule has 0 radical (unpaired) electrons. The zero-order valence-corrected chi connectivity index (χ0v) is 12.7. The maximum absolute atomic E-state index is 5.77. The van der Waals surface area contributed by atoms with E-state index in [1.165, 1.54) is 5.56 Å². The van der Waals surface area contributed by atoms with Gasteiger partial charge in [0.25, 0.3) is 0 Å². The Balaban J connectivity index is 2.03. The molecule has 1 aromatic carbocycles. The molecule has 0 aliphatic heterocycles. The third kappa shape index (κ3) is 3.96. The Morgan fingerprint density at radius 3 is 2.84 bits per heavy atom. The van der Waals surface area contributed by atoms with Crippen molar-refractivity contribution in [3.63, 3.8) is 0 Å². The second kappa shape index (κ2) is 6.57. The van der Waals surface area contributed by atoms with Crippen LogP contribution in [0.3, 0.4) is 0 Å². The number of anilines is 1. The van der Waals surface area contributed by atoms with E-state index in [0.717, 1.165) is 28.3 Å². The lowest BCUT2D eigenvalue weighted by atomic mass is 10.2. The van der Waals surface area contributed by atoms with Gasteiger partial charge in [-0.15, -0.1) is 0 Å². The normalized spacial score (nSPS) is 10.3. The first kappa shape index (κ1) is 13.9. The molecule has 0 aliphatic carbocycles. The third-order valence-electron chi connectivity index (χ3n) is 2.63. The molecule has 0 bridgehead atoms. The molecule has 0 spiro atoms. The zero-order valence-electron chi connectivity index (χ0n) is 11.1. The monoisotopic (exact) mass is 320 g/mol. The second-order valence-corrected chi connectivity index (χ2v) is 5.12. The molecule has 2 aromatic rings. The molecule has 0 unspecified atom stereocenters. The van der Waals surface area contributed by atoms with Crippen LogP contribution >= 0.6 is 15.9 Å². The fraction of sp³-hybridized carbons (Fsp3) is 0.267. The molecule has 3 nitrogen and oxygen atoms in total. The van der Waals surface area contributed by atoms with Gasteiger partial charge in [-0.05, 0) is 59.6 Å². The van der Waals surface area contributed by atoms with Crippen LogP contribution in [0.15, 0.2) is 40.9 Å². The molecule has 1 aromatic heterocycles. The van der Waals surface area contributed by atoms with Gasteiger partial charge >= 0.3 is 0 Å². The summed E-state index contributed by atoms with van der Waals surface area (Å²) in [6.45, 7) is 5.42. The van der Waals surface area contributed by atoms with E-state index in [1.54, 1.807) is 0 Å². The summed E-state index contributed by atoms with van der Waals surface area (Å²) in [5.41, 5.74) is 2.11. The molecule has 2 rings (SSSR count). The Labute approximate surface area is 122 Å². The van der Waals surface area contributed by atoms with Gasteiger partial charge in [0.1, 0.15) is 18.2 Å². The maximum atomic E-state index is 5.77. The number of nitrogens with zero attached hydrogens (tertiary/aromatic N) is 1. The zero-order chi connectivity index (χ0) is 13.7. The van der Waals surface area contributed by atoms with Crippen molar-refractivity contribution in [1.82, 2.24) is 4.98 Å². The quantitative estimate of drug-likeness (QED) is 0.898. The number of ether oxygens (including phenoxy) is 1. The highest BCUT2D eigenvalue weighted by atomic mass is 79.9. The predicted molar refractivity (Wildman–Crippen MR) is 81.6 cm³/mol. The lowest BCUT2D eigenvalue weighted by Crippen LogP contribution is -2.03. The van der Waals surface area contributed by atoms with Crippen molar-refractivity contribution >= 4 is 21.7 Å². The van der Waals surface area contributed by atoms with Crippen molar-refractivity contribution in [3.05, 3.63) is 52.1 Å². The van der Waals surface area contributed by atoms with Crippen molar-refractivity contribution in [2.24, 2.45) is 0 Å². The number of halogens is 1. The van der Waals surface area contributed by atoms with Crippen molar-refractivity contribution < 1.29 is 4.74 Å². The van der Waals surface area contributed by atoms with Crippen LogP contribution in [0.2, 0.25) is 0 Å². The number of aromatic nitrogens is 1. The molecule has 0 atom stereocenters. The molecule has 0 aliphatic rings. The molecule has 4 heteroatoms. The van der Waals surface area contributed by atoms with Crippen LogP contribution < -0.4 is 10.1 Å². The molecule has 0 fully saturated rings. The minimum Gasteiger partial charge on any atom is -0.486 e. The standard InChI is InChI=1S/C15H17BrN2O/c1-3-17-15-6-4-5-12(18-15)10-19-14-8-7-11(2)9-13(14)16/h4-9H,3,10H2,1-2H3,(H,17,18). The molecule has 0 saturated carbocycles. The van der Waals surface area contributed by atoms with E-state index in [2.05, 4.69) is 33.2 Å². The number of hydrogen-bond donors (Lipinski definition) is 1. The summed E-state index contributed by atoms with van der Waals surface area (Å²) in [6, 6.07) is 11.9. The van der Waals surface area contributed by atoms with Gasteiger partial charge in [-0.1, -0.05) is 12.1 Å². The Morgan fingerprint density at radius 2 is 2.11 bits per heavy atom. The van der Waals surface area contributed by atoms with Gasteiger partial charge in [0, 0.05) is 6.54 Å². The lowest BCUT2D eigenvalue weighted by Gasteiger charge is -2.09. The van der Waals surface area contributed by atoms with E-state index < -0.39 is 0 Å². The Morgan fingerprint density at radius 1 is 1.26 bits per heavy atom. The first-order chi connectivity index (χ1) is 9.19. The molecule has 0 saturated heterocycles. The Bertz CT molecular complexity index is 558. The number of nitrogens with one attached hydrogen (secondary N) is 1. The van der Waals surface area contributed by atoms with Gasteiger partial charge in [-0.3, -0.25) is 0 Å². The second-order valence-electron chi connectivity index (χ2n) is 4.27. The van der Waals surface area contributed by atoms with E-state index in [4.69, 9.17) is 4.74 Å². The summed E-state index contributed by atoms with van der Waals surface area (Å²) >= 11 is 3.50. The van der Waals surface area contributed by atoms with E-state index in [9.17, 15) is 0 Å². The molecule has 19 heavy (non-hydrogen) atoms. The van der Waals surface area contributed by atoms with Crippen LogP contribution in [-0.2, 0) is 6.61 Å². The highest BCUT2D eigenvalue weighted by Gasteiger charge is 2.03. The van der Waals surface area contributed by atoms with Crippen molar-refractivity contribution in [3.8, 4) is 5.75 Å². The van der Waals surface area contributed by atoms with E-state index in [-0.39, 0.29) is 0 Å². The minimum atomic E-state index is 0.459. The summed E-state index contributed by atoms with van der Waals surface area (Å²) in [5.74, 6) is 1.72. The fourth-order valence-corrected chi connectivity index (χ4v) is 2.32. The first-order valence-corrected chi connectivity index (χ1v) is 7.07. The number of benzene rings is 1. The predicted octanol–water partition coefficient (Wildman–Crippen LogP) is 4.16. The van der Waals surface area contributed by atoms with Crippen molar-refractivity contribution in [1.29, 1.82) is 0 Å². The molecule has 1 N–H and O–H groups in total. The molecular weight excluding hydrogens is 304 g/mol. The smallest absolute Gasteiger partial charge is 0.134 e. The number of aryl methyl sites for hydroxylation is 1. The third-order valence-corrected chi connectivity index (χ3v) is 3.25. The van der Waals surface area contributed by atoms with Gasteiger partial charge in [0.15, 0.2) is 0 Å². The van der Waals surface area contributed by atoms with Crippen LogP contribution in [0.25, 0.3) is 0 Å². The fourth-order valence-electron chi connectivity index (χ4n) is 1.71. The van der Waals surface area contributed by atoms with Crippen molar-refractivity contribution in [2.75, 3.05) is 11.9 Å². The van der Waals surface area contributed by atoms with E-state index >= 15 is 0 Å². The Kier molecular flexibility index (Phi) is 4.80. The molecular formula is C15H17BrN2O.